The maximum Gasteiger partial charge on any atom is 0.207 e. The van der Waals surface area contributed by atoms with E-state index in [1.807, 2.05) is 9.47 Å². The van der Waals surface area contributed by atoms with Crippen molar-refractivity contribution in [1.29, 1.82) is 5.26 Å². The predicted molar refractivity (Wildman–Crippen MR) is 95.2 cm³/mol. The Labute approximate surface area is 154 Å². The van der Waals surface area contributed by atoms with Crippen LogP contribution in [-0.2, 0) is 6.54 Å². The minimum atomic E-state index is -1.04. The number of anilines is 1. The second-order valence-electron chi connectivity index (χ2n) is 6.55. The van der Waals surface area contributed by atoms with E-state index in [0.717, 1.165) is 17.9 Å². The Balaban J connectivity index is 1.79. The molecule has 138 valence electrons. The molecule has 2 atom stereocenters. The zero-order valence-electron chi connectivity index (χ0n) is 14.4. The molecule has 7 nitrogen and oxygen atoms in total. The number of imidazole rings is 1. The number of rotatable bonds is 3. The summed E-state index contributed by atoms with van der Waals surface area (Å²) in [6.07, 6.45) is 1.49. The van der Waals surface area contributed by atoms with Gasteiger partial charge in [-0.05, 0) is 24.6 Å². The number of fused-ring (bicyclic) bond motifs is 1. The van der Waals surface area contributed by atoms with E-state index in [0.29, 0.717) is 42.4 Å². The molecule has 3 aromatic rings. The Morgan fingerprint density at radius 2 is 2.07 bits per heavy atom. The van der Waals surface area contributed by atoms with E-state index in [-0.39, 0.29) is 6.54 Å². The van der Waals surface area contributed by atoms with E-state index < -0.39 is 18.0 Å². The van der Waals surface area contributed by atoms with Gasteiger partial charge in [0, 0.05) is 13.1 Å². The molecule has 0 amide bonds. The summed E-state index contributed by atoms with van der Waals surface area (Å²) in [5.74, 6) is 0.497. The fraction of sp³-hybridized carbons (Fsp3) is 0.333. The lowest BCUT2D eigenvalue weighted by molar-refractivity contribution is 0.243. The number of hydrogen-bond acceptors (Lipinski definition) is 6. The molecule has 1 aromatic carbocycles. The Kier molecular flexibility index (Phi) is 4.41. The Morgan fingerprint density at radius 3 is 2.78 bits per heavy atom. The van der Waals surface area contributed by atoms with Crippen LogP contribution in [-0.4, -0.2) is 44.8 Å². The van der Waals surface area contributed by atoms with Crippen LogP contribution in [0.1, 0.15) is 17.8 Å². The van der Waals surface area contributed by atoms with E-state index in [1.165, 1.54) is 0 Å². The maximum atomic E-state index is 13.8. The predicted octanol–water partition coefficient (Wildman–Crippen LogP) is 1.76. The fourth-order valence-corrected chi connectivity index (χ4v) is 3.27. The molecule has 2 N–H and O–H groups in total. The number of benzene rings is 1. The van der Waals surface area contributed by atoms with Crippen molar-refractivity contribution in [3.05, 3.63) is 47.8 Å². The molecule has 1 aliphatic heterocycles. The van der Waals surface area contributed by atoms with Crippen LogP contribution in [0.25, 0.3) is 11.0 Å². The van der Waals surface area contributed by atoms with E-state index >= 15 is 0 Å². The summed E-state index contributed by atoms with van der Waals surface area (Å²) < 4.78 is 28.8. The van der Waals surface area contributed by atoms with Crippen LogP contribution in [0, 0.1) is 17.1 Å². The van der Waals surface area contributed by atoms with Crippen molar-refractivity contribution < 1.29 is 8.78 Å². The molecule has 0 radical (unpaired) electrons. The van der Waals surface area contributed by atoms with Gasteiger partial charge >= 0.3 is 0 Å². The van der Waals surface area contributed by atoms with Crippen LogP contribution >= 0.6 is 0 Å². The first-order valence-corrected chi connectivity index (χ1v) is 8.56. The van der Waals surface area contributed by atoms with Gasteiger partial charge in [-0.2, -0.15) is 5.26 Å². The highest BCUT2D eigenvalue weighted by molar-refractivity contribution is 5.80. The van der Waals surface area contributed by atoms with E-state index in [1.54, 1.807) is 18.2 Å². The molecule has 0 bridgehead atoms. The summed E-state index contributed by atoms with van der Waals surface area (Å²) in [5.41, 5.74) is 7.82. The highest BCUT2D eigenvalue weighted by Gasteiger charge is 2.29. The fourth-order valence-electron chi connectivity index (χ4n) is 3.27. The van der Waals surface area contributed by atoms with Crippen LogP contribution in [0.15, 0.2) is 30.6 Å². The molecular weight excluding hydrogens is 352 g/mol. The second kappa shape index (κ2) is 6.89. The molecule has 2 aromatic heterocycles. The van der Waals surface area contributed by atoms with Crippen molar-refractivity contribution in [2.45, 2.75) is 25.2 Å². The number of nitriles is 1. The van der Waals surface area contributed by atoms with Crippen LogP contribution < -0.4 is 10.6 Å². The van der Waals surface area contributed by atoms with Gasteiger partial charge in [0.1, 0.15) is 12.0 Å². The molecule has 3 heterocycles. The molecular formula is C18H17F2N7. The van der Waals surface area contributed by atoms with Crippen molar-refractivity contribution in [2.75, 3.05) is 18.0 Å². The van der Waals surface area contributed by atoms with Crippen molar-refractivity contribution in [1.82, 2.24) is 19.5 Å². The SMILES string of the molecule is N#Cc1ccc2nc(N3CC[C@@H](F)[C@H](N)C3)n(Cc3ncc(F)cn3)c2c1. The van der Waals surface area contributed by atoms with Crippen molar-refractivity contribution >= 4 is 17.0 Å². The molecule has 4 rings (SSSR count). The third kappa shape index (κ3) is 3.31. The molecule has 0 spiro atoms. The molecule has 27 heavy (non-hydrogen) atoms. The molecule has 1 saturated heterocycles. The van der Waals surface area contributed by atoms with Gasteiger partial charge in [0.05, 0.1) is 47.6 Å². The van der Waals surface area contributed by atoms with E-state index in [2.05, 4.69) is 21.0 Å². The van der Waals surface area contributed by atoms with Crippen LogP contribution in [0.4, 0.5) is 14.7 Å². The smallest absolute Gasteiger partial charge is 0.207 e. The lowest BCUT2D eigenvalue weighted by atomic mass is 10.1. The molecule has 0 aliphatic carbocycles. The summed E-state index contributed by atoms with van der Waals surface area (Å²) in [4.78, 5) is 14.6. The van der Waals surface area contributed by atoms with Crippen molar-refractivity contribution in [2.24, 2.45) is 5.73 Å². The highest BCUT2D eigenvalue weighted by Crippen LogP contribution is 2.27. The van der Waals surface area contributed by atoms with Crippen LogP contribution in [0.3, 0.4) is 0 Å². The zero-order chi connectivity index (χ0) is 19.0. The number of nitrogens with zero attached hydrogens (tertiary/aromatic N) is 6. The van der Waals surface area contributed by atoms with Gasteiger partial charge in [-0.3, -0.25) is 0 Å². The van der Waals surface area contributed by atoms with Crippen molar-refractivity contribution in [3.8, 4) is 6.07 Å². The van der Waals surface area contributed by atoms with Gasteiger partial charge in [-0.1, -0.05) is 0 Å². The van der Waals surface area contributed by atoms with Gasteiger partial charge < -0.3 is 15.2 Å². The standard InChI is InChI=1S/C18H17F2N7/c19-12-7-23-17(24-8-12)10-27-16-5-11(6-21)1-2-15(16)25-18(27)26-4-3-13(20)14(22)9-26/h1-2,5,7-8,13-14H,3-4,9-10,22H2/t13-,14-/m1/s1. The normalized spacial score (nSPS) is 20.0. The van der Waals surface area contributed by atoms with Gasteiger partial charge in [0.2, 0.25) is 5.95 Å². The van der Waals surface area contributed by atoms with Gasteiger partial charge in [0.15, 0.2) is 5.82 Å². The van der Waals surface area contributed by atoms with E-state index in [4.69, 9.17) is 5.73 Å². The molecule has 0 unspecified atom stereocenters. The lowest BCUT2D eigenvalue weighted by Gasteiger charge is -2.34. The van der Waals surface area contributed by atoms with E-state index in [9.17, 15) is 14.0 Å². The van der Waals surface area contributed by atoms with Gasteiger partial charge in [0.25, 0.3) is 0 Å². The number of alkyl halides is 1. The van der Waals surface area contributed by atoms with Gasteiger partial charge in [-0.25, -0.2) is 23.7 Å². The summed E-state index contributed by atoms with van der Waals surface area (Å²) in [5, 5.41) is 9.21. The number of aromatic nitrogens is 4. The first kappa shape index (κ1) is 17.3. The average Bonchev–Trinajstić information content (AvgIpc) is 3.03. The summed E-state index contributed by atoms with van der Waals surface area (Å²) in [7, 11) is 0. The molecule has 1 aliphatic rings. The minimum Gasteiger partial charge on any atom is -0.340 e. The second-order valence-corrected chi connectivity index (χ2v) is 6.55. The lowest BCUT2D eigenvalue weighted by Crippen LogP contribution is -2.50. The van der Waals surface area contributed by atoms with Crippen molar-refractivity contribution in [3.63, 3.8) is 0 Å². The Morgan fingerprint density at radius 1 is 1.30 bits per heavy atom. The maximum absolute atomic E-state index is 13.8. The monoisotopic (exact) mass is 369 g/mol. The number of halogens is 2. The first-order valence-electron chi connectivity index (χ1n) is 8.56. The first-order chi connectivity index (χ1) is 13.0. The summed E-state index contributed by atoms with van der Waals surface area (Å²) in [6.45, 7) is 1.05. The number of hydrogen-bond donors (Lipinski definition) is 1. The van der Waals surface area contributed by atoms with Gasteiger partial charge in [-0.15, -0.1) is 0 Å². The zero-order valence-corrected chi connectivity index (χ0v) is 14.4. The Bertz CT molecular complexity index is 1010. The third-order valence-electron chi connectivity index (χ3n) is 4.68. The topological polar surface area (TPSA) is 96.7 Å². The minimum absolute atomic E-state index is 0.242. The molecule has 0 saturated carbocycles. The molecule has 1 fully saturated rings. The Hall–Kier alpha value is -3.12. The summed E-state index contributed by atoms with van der Waals surface area (Å²) >= 11 is 0. The highest BCUT2D eigenvalue weighted by atomic mass is 19.1. The summed E-state index contributed by atoms with van der Waals surface area (Å²) in [6, 6.07) is 6.71. The molecule has 9 heteroatoms. The quantitative estimate of drug-likeness (QED) is 0.756. The third-order valence-corrected chi connectivity index (χ3v) is 4.68. The number of nitrogens with two attached hydrogens (primary N) is 1. The largest absolute Gasteiger partial charge is 0.340 e. The van der Waals surface area contributed by atoms with Crippen LogP contribution in [0.2, 0.25) is 0 Å². The number of piperidine rings is 1. The average molecular weight is 369 g/mol. The van der Waals surface area contributed by atoms with Crippen LogP contribution in [0.5, 0.6) is 0 Å².